The Balaban J connectivity index is 1.52. The minimum atomic E-state index is 0.860. The number of para-hydroxylation sites is 1. The second-order valence-corrected chi connectivity index (χ2v) is 7.52. The Hall–Kier alpha value is -3.64. The Morgan fingerprint density at radius 3 is 2.61 bits per heavy atom. The molecular formula is C22H13N5S. The highest BCUT2D eigenvalue weighted by Gasteiger charge is 2.13. The maximum atomic E-state index is 4.69. The lowest BCUT2D eigenvalue weighted by molar-refractivity contribution is 1.11. The summed E-state index contributed by atoms with van der Waals surface area (Å²) in [5, 5.41) is 3.23. The minimum Gasteiger partial charge on any atom is -0.292 e. The van der Waals surface area contributed by atoms with Gasteiger partial charge in [-0.2, -0.15) is 0 Å². The molecule has 5 nitrogen and oxygen atoms in total. The highest BCUT2D eigenvalue weighted by Crippen LogP contribution is 2.32. The summed E-state index contributed by atoms with van der Waals surface area (Å²) in [4.78, 5) is 18.1. The average Bonchev–Trinajstić information content (AvgIpc) is 3.33. The Morgan fingerprint density at radius 2 is 1.71 bits per heavy atom. The Bertz CT molecular complexity index is 1380. The molecule has 0 aliphatic rings. The van der Waals surface area contributed by atoms with E-state index in [1.807, 2.05) is 30.6 Å². The first-order chi connectivity index (χ1) is 13.9. The third-order valence-corrected chi connectivity index (χ3v) is 5.91. The monoisotopic (exact) mass is 379 g/mol. The zero-order chi connectivity index (χ0) is 18.5. The molecule has 0 N–H and O–H groups in total. The topological polar surface area (TPSA) is 56.5 Å². The zero-order valence-electron chi connectivity index (χ0n) is 14.6. The summed E-state index contributed by atoms with van der Waals surface area (Å²) < 4.78 is 3.27. The number of aromatic nitrogens is 5. The first-order valence-corrected chi connectivity index (χ1v) is 9.72. The fourth-order valence-corrected chi connectivity index (χ4v) is 4.50. The number of fused-ring (bicyclic) bond motifs is 4. The third kappa shape index (κ3) is 2.25. The van der Waals surface area contributed by atoms with E-state index in [1.54, 1.807) is 23.7 Å². The molecule has 1 aromatic carbocycles. The summed E-state index contributed by atoms with van der Waals surface area (Å²) in [5.74, 6) is 0. The highest BCUT2D eigenvalue weighted by molar-refractivity contribution is 7.21. The van der Waals surface area contributed by atoms with Gasteiger partial charge >= 0.3 is 0 Å². The largest absolute Gasteiger partial charge is 0.292 e. The number of benzene rings is 1. The van der Waals surface area contributed by atoms with Crippen LogP contribution in [0.4, 0.5) is 0 Å². The van der Waals surface area contributed by atoms with E-state index in [2.05, 4.69) is 55.9 Å². The third-order valence-electron chi connectivity index (χ3n) is 4.85. The fraction of sp³-hybridized carbons (Fsp3) is 0. The summed E-state index contributed by atoms with van der Waals surface area (Å²) in [6.07, 6.45) is 7.29. The van der Waals surface area contributed by atoms with Crippen molar-refractivity contribution in [3.63, 3.8) is 0 Å². The molecule has 5 aromatic heterocycles. The van der Waals surface area contributed by atoms with Crippen LogP contribution in [-0.4, -0.2) is 24.5 Å². The zero-order valence-corrected chi connectivity index (χ0v) is 15.5. The summed E-state index contributed by atoms with van der Waals surface area (Å²) in [7, 11) is 0. The van der Waals surface area contributed by atoms with Gasteiger partial charge in [0.15, 0.2) is 0 Å². The fourth-order valence-electron chi connectivity index (χ4n) is 3.59. The predicted molar refractivity (Wildman–Crippen MR) is 113 cm³/mol. The van der Waals surface area contributed by atoms with Crippen molar-refractivity contribution in [2.75, 3.05) is 0 Å². The molecule has 6 aromatic rings. The van der Waals surface area contributed by atoms with E-state index >= 15 is 0 Å². The van der Waals surface area contributed by atoms with E-state index in [4.69, 9.17) is 4.98 Å². The maximum absolute atomic E-state index is 4.69. The van der Waals surface area contributed by atoms with Gasteiger partial charge in [0.05, 0.1) is 34.0 Å². The van der Waals surface area contributed by atoms with Crippen LogP contribution in [0, 0.1) is 0 Å². The quantitative estimate of drug-likeness (QED) is 0.412. The molecular weight excluding hydrogens is 366 g/mol. The lowest BCUT2D eigenvalue weighted by Crippen LogP contribution is -1.96. The van der Waals surface area contributed by atoms with Crippen LogP contribution in [0.2, 0.25) is 0 Å². The number of thiazole rings is 1. The second-order valence-electron chi connectivity index (χ2n) is 6.49. The smallest absolute Gasteiger partial charge is 0.145 e. The molecule has 0 fully saturated rings. The second kappa shape index (κ2) is 5.94. The Morgan fingerprint density at radius 1 is 0.786 bits per heavy atom. The molecule has 6 rings (SSSR count). The normalized spacial score (nSPS) is 11.6. The summed E-state index contributed by atoms with van der Waals surface area (Å²) in [5.41, 5.74) is 4.80. The molecule has 0 amide bonds. The van der Waals surface area contributed by atoms with Crippen LogP contribution >= 0.6 is 11.3 Å². The van der Waals surface area contributed by atoms with E-state index in [0.717, 1.165) is 43.2 Å². The van der Waals surface area contributed by atoms with Crippen molar-refractivity contribution >= 4 is 43.5 Å². The van der Waals surface area contributed by atoms with E-state index in [9.17, 15) is 0 Å². The van der Waals surface area contributed by atoms with E-state index in [0.29, 0.717) is 0 Å². The van der Waals surface area contributed by atoms with Crippen molar-refractivity contribution in [2.24, 2.45) is 0 Å². The van der Waals surface area contributed by atoms with Crippen molar-refractivity contribution in [2.45, 2.75) is 0 Å². The Kier molecular flexibility index (Phi) is 3.27. The molecule has 5 heterocycles. The lowest BCUT2D eigenvalue weighted by atomic mass is 10.2. The predicted octanol–water partition coefficient (Wildman–Crippen LogP) is 5.25. The van der Waals surface area contributed by atoms with Gasteiger partial charge in [-0.3, -0.25) is 14.5 Å². The van der Waals surface area contributed by atoms with Gasteiger partial charge in [0.2, 0.25) is 0 Å². The number of hydrogen-bond donors (Lipinski definition) is 0. The van der Waals surface area contributed by atoms with E-state index in [-0.39, 0.29) is 0 Å². The molecule has 0 aliphatic carbocycles. The van der Waals surface area contributed by atoms with Gasteiger partial charge < -0.3 is 0 Å². The van der Waals surface area contributed by atoms with Crippen molar-refractivity contribution in [1.82, 2.24) is 24.5 Å². The average molecular weight is 379 g/mol. The van der Waals surface area contributed by atoms with Gasteiger partial charge in [-0.05, 0) is 36.4 Å². The molecule has 0 radical (unpaired) electrons. The first kappa shape index (κ1) is 15.4. The minimum absolute atomic E-state index is 0.860. The van der Waals surface area contributed by atoms with E-state index < -0.39 is 0 Å². The molecule has 0 spiro atoms. The summed E-state index contributed by atoms with van der Waals surface area (Å²) in [6, 6.07) is 18.5. The summed E-state index contributed by atoms with van der Waals surface area (Å²) in [6.45, 7) is 0. The van der Waals surface area contributed by atoms with Crippen LogP contribution in [0.1, 0.15) is 0 Å². The number of nitrogens with zero attached hydrogens (tertiary/aromatic N) is 5. The number of rotatable bonds is 2. The van der Waals surface area contributed by atoms with Crippen LogP contribution < -0.4 is 0 Å². The van der Waals surface area contributed by atoms with Crippen molar-refractivity contribution < 1.29 is 0 Å². The Labute approximate surface area is 164 Å². The van der Waals surface area contributed by atoms with Gasteiger partial charge in [-0.15, -0.1) is 11.3 Å². The molecule has 0 atom stereocenters. The molecule has 6 heteroatoms. The van der Waals surface area contributed by atoms with Crippen LogP contribution in [0.25, 0.3) is 48.5 Å². The number of hydrogen-bond acceptors (Lipinski definition) is 5. The van der Waals surface area contributed by atoms with Crippen LogP contribution in [-0.2, 0) is 0 Å². The molecule has 0 saturated heterocycles. The molecule has 132 valence electrons. The van der Waals surface area contributed by atoms with Crippen LogP contribution in [0.3, 0.4) is 0 Å². The van der Waals surface area contributed by atoms with Crippen LogP contribution in [0.15, 0.2) is 79.4 Å². The molecule has 0 unspecified atom stereocenters. The van der Waals surface area contributed by atoms with Crippen molar-refractivity contribution in [3.05, 3.63) is 79.4 Å². The highest BCUT2D eigenvalue weighted by atomic mass is 32.1. The van der Waals surface area contributed by atoms with E-state index in [1.165, 1.54) is 5.39 Å². The SMILES string of the molecule is c1ccc2c(c1)c1cccnc1n2-c1ccc(-c2nc3cnccc3s2)nc1. The molecule has 0 bridgehead atoms. The van der Waals surface area contributed by atoms with Crippen molar-refractivity contribution in [1.29, 1.82) is 0 Å². The van der Waals surface area contributed by atoms with Gasteiger partial charge in [-0.25, -0.2) is 9.97 Å². The van der Waals surface area contributed by atoms with Gasteiger partial charge in [0, 0.05) is 23.2 Å². The summed E-state index contributed by atoms with van der Waals surface area (Å²) >= 11 is 1.63. The van der Waals surface area contributed by atoms with Crippen molar-refractivity contribution in [3.8, 4) is 16.4 Å². The van der Waals surface area contributed by atoms with Crippen LogP contribution in [0.5, 0.6) is 0 Å². The van der Waals surface area contributed by atoms with Gasteiger partial charge in [0.25, 0.3) is 0 Å². The lowest BCUT2D eigenvalue weighted by Gasteiger charge is -2.07. The molecule has 0 aliphatic heterocycles. The molecule has 28 heavy (non-hydrogen) atoms. The number of pyridine rings is 3. The standard InChI is InChI=1S/C22H13N5S/c1-2-6-19-15(4-1)16-5-3-10-24-21(16)27(19)14-7-8-17(25-12-14)22-26-18-13-23-11-9-20(18)28-22/h1-13H. The van der Waals surface area contributed by atoms with Gasteiger partial charge in [0.1, 0.15) is 16.2 Å². The van der Waals surface area contributed by atoms with Gasteiger partial charge in [-0.1, -0.05) is 18.2 Å². The first-order valence-electron chi connectivity index (χ1n) is 8.90. The molecule has 0 saturated carbocycles. The maximum Gasteiger partial charge on any atom is 0.145 e.